The number of carbonyl (C=O) groups excluding carboxylic acids is 1. The van der Waals surface area contributed by atoms with Crippen LogP contribution in [0.25, 0.3) is 0 Å². The predicted molar refractivity (Wildman–Crippen MR) is 114 cm³/mol. The Morgan fingerprint density at radius 2 is 1.66 bits per heavy atom. The standard InChI is InChI=1S/C21H19ClN2O4S/c1-28-19-9-5-15(6-10-19)13-21(25)23-17-7-11-20(12-8-17)29(26,27)24-18-4-2-3-16(22)14-18/h2-12,14,24H,13H2,1H3,(H,23,25). The number of rotatable bonds is 7. The third kappa shape index (κ3) is 5.73. The first-order valence-corrected chi connectivity index (χ1v) is 10.5. The van der Waals surface area contributed by atoms with E-state index in [1.54, 1.807) is 49.6 Å². The summed E-state index contributed by atoms with van der Waals surface area (Å²) in [4.78, 5) is 12.3. The zero-order chi connectivity index (χ0) is 20.9. The minimum atomic E-state index is -3.76. The maximum Gasteiger partial charge on any atom is 0.261 e. The summed E-state index contributed by atoms with van der Waals surface area (Å²) in [6.07, 6.45) is 0.195. The number of anilines is 2. The van der Waals surface area contributed by atoms with Crippen LogP contribution in [-0.2, 0) is 21.2 Å². The molecule has 0 saturated carbocycles. The number of carbonyl (C=O) groups is 1. The van der Waals surface area contributed by atoms with Gasteiger partial charge in [0.05, 0.1) is 24.1 Å². The van der Waals surface area contributed by atoms with Gasteiger partial charge in [0.1, 0.15) is 5.75 Å². The van der Waals surface area contributed by atoms with Crippen molar-refractivity contribution >= 4 is 38.9 Å². The van der Waals surface area contributed by atoms with Gasteiger partial charge in [0.25, 0.3) is 10.0 Å². The highest BCUT2D eigenvalue weighted by Crippen LogP contribution is 2.21. The fourth-order valence-electron chi connectivity index (χ4n) is 2.62. The Kier molecular flexibility index (Phi) is 6.41. The largest absolute Gasteiger partial charge is 0.497 e. The van der Waals surface area contributed by atoms with E-state index in [-0.39, 0.29) is 17.2 Å². The molecule has 0 atom stereocenters. The van der Waals surface area contributed by atoms with Gasteiger partial charge in [-0.15, -0.1) is 0 Å². The van der Waals surface area contributed by atoms with Crippen molar-refractivity contribution in [2.24, 2.45) is 0 Å². The maximum absolute atomic E-state index is 12.5. The maximum atomic E-state index is 12.5. The highest BCUT2D eigenvalue weighted by atomic mass is 35.5. The molecule has 0 bridgehead atoms. The van der Waals surface area contributed by atoms with Crippen LogP contribution in [0.2, 0.25) is 5.02 Å². The van der Waals surface area contributed by atoms with Crippen molar-refractivity contribution in [2.45, 2.75) is 11.3 Å². The number of hydrogen-bond acceptors (Lipinski definition) is 4. The average Bonchev–Trinajstić information content (AvgIpc) is 2.68. The molecular weight excluding hydrogens is 412 g/mol. The van der Waals surface area contributed by atoms with Crippen molar-refractivity contribution < 1.29 is 17.9 Å². The molecule has 0 heterocycles. The minimum absolute atomic E-state index is 0.0747. The first-order valence-electron chi connectivity index (χ1n) is 8.67. The average molecular weight is 431 g/mol. The number of methoxy groups -OCH3 is 1. The van der Waals surface area contributed by atoms with Crippen LogP contribution in [0.1, 0.15) is 5.56 Å². The third-order valence-electron chi connectivity index (χ3n) is 4.05. The number of hydrogen-bond donors (Lipinski definition) is 2. The second-order valence-electron chi connectivity index (χ2n) is 6.21. The van der Waals surface area contributed by atoms with E-state index in [4.69, 9.17) is 16.3 Å². The monoisotopic (exact) mass is 430 g/mol. The van der Waals surface area contributed by atoms with E-state index in [2.05, 4.69) is 10.0 Å². The van der Waals surface area contributed by atoms with E-state index in [9.17, 15) is 13.2 Å². The van der Waals surface area contributed by atoms with E-state index in [0.29, 0.717) is 16.4 Å². The molecule has 3 aromatic carbocycles. The lowest BCUT2D eigenvalue weighted by Crippen LogP contribution is -2.15. The molecule has 8 heteroatoms. The Labute approximate surface area is 174 Å². The van der Waals surface area contributed by atoms with Crippen LogP contribution in [0.3, 0.4) is 0 Å². The zero-order valence-electron chi connectivity index (χ0n) is 15.6. The van der Waals surface area contributed by atoms with Gasteiger partial charge in [-0.3, -0.25) is 9.52 Å². The Balaban J connectivity index is 1.63. The molecular formula is C21H19ClN2O4S. The summed E-state index contributed by atoms with van der Waals surface area (Å²) >= 11 is 5.88. The van der Waals surface area contributed by atoms with Crippen molar-refractivity contribution in [3.8, 4) is 5.75 Å². The van der Waals surface area contributed by atoms with Crippen molar-refractivity contribution in [3.05, 3.63) is 83.4 Å². The molecule has 0 aromatic heterocycles. The lowest BCUT2D eigenvalue weighted by molar-refractivity contribution is -0.115. The highest BCUT2D eigenvalue weighted by molar-refractivity contribution is 7.92. The van der Waals surface area contributed by atoms with E-state index < -0.39 is 10.0 Å². The van der Waals surface area contributed by atoms with E-state index in [1.165, 1.54) is 18.2 Å². The normalized spacial score (nSPS) is 11.0. The molecule has 0 spiro atoms. The van der Waals surface area contributed by atoms with Gasteiger partial charge in [-0.05, 0) is 60.2 Å². The van der Waals surface area contributed by atoms with Crippen LogP contribution >= 0.6 is 11.6 Å². The van der Waals surface area contributed by atoms with E-state index in [1.807, 2.05) is 12.1 Å². The fraction of sp³-hybridized carbons (Fsp3) is 0.0952. The first kappa shape index (κ1) is 20.7. The van der Waals surface area contributed by atoms with Crippen LogP contribution in [0.15, 0.2) is 77.7 Å². The van der Waals surface area contributed by atoms with Gasteiger partial charge in [0, 0.05) is 10.7 Å². The second kappa shape index (κ2) is 8.98. The molecule has 0 aliphatic heterocycles. The molecule has 0 radical (unpaired) electrons. The number of sulfonamides is 1. The van der Waals surface area contributed by atoms with Gasteiger partial charge in [-0.25, -0.2) is 8.42 Å². The van der Waals surface area contributed by atoms with Crippen LogP contribution in [-0.4, -0.2) is 21.4 Å². The molecule has 2 N–H and O–H groups in total. The summed E-state index contributed by atoms with van der Waals surface area (Å²) in [5, 5.41) is 3.18. The van der Waals surface area contributed by atoms with Crippen LogP contribution in [0, 0.1) is 0 Å². The quantitative estimate of drug-likeness (QED) is 0.584. The molecule has 0 unspecified atom stereocenters. The molecule has 1 amide bonds. The minimum Gasteiger partial charge on any atom is -0.497 e. The summed E-state index contributed by atoms with van der Waals surface area (Å²) < 4.78 is 32.5. The van der Waals surface area contributed by atoms with Gasteiger partial charge in [-0.1, -0.05) is 29.8 Å². The topological polar surface area (TPSA) is 84.5 Å². The Morgan fingerprint density at radius 1 is 0.966 bits per heavy atom. The number of amides is 1. The summed E-state index contributed by atoms with van der Waals surface area (Å²) in [5.41, 5.74) is 1.72. The lowest BCUT2D eigenvalue weighted by Gasteiger charge is -2.10. The van der Waals surface area contributed by atoms with E-state index >= 15 is 0 Å². The molecule has 3 rings (SSSR count). The summed E-state index contributed by atoms with van der Waals surface area (Å²) in [6, 6.07) is 19.6. The van der Waals surface area contributed by atoms with Crippen molar-refractivity contribution in [2.75, 3.05) is 17.1 Å². The number of halogens is 1. The van der Waals surface area contributed by atoms with Crippen molar-refractivity contribution in [1.82, 2.24) is 0 Å². The first-order chi connectivity index (χ1) is 13.9. The van der Waals surface area contributed by atoms with Gasteiger partial charge in [-0.2, -0.15) is 0 Å². The lowest BCUT2D eigenvalue weighted by atomic mass is 10.1. The smallest absolute Gasteiger partial charge is 0.261 e. The van der Waals surface area contributed by atoms with Gasteiger partial charge in [0.15, 0.2) is 0 Å². The summed E-state index contributed by atoms with van der Waals surface area (Å²) in [6.45, 7) is 0. The summed E-state index contributed by atoms with van der Waals surface area (Å²) in [5.74, 6) is 0.514. The molecule has 0 fully saturated rings. The van der Waals surface area contributed by atoms with Gasteiger partial charge >= 0.3 is 0 Å². The Bertz CT molecular complexity index is 1100. The molecule has 3 aromatic rings. The molecule has 0 aliphatic carbocycles. The molecule has 150 valence electrons. The second-order valence-corrected chi connectivity index (χ2v) is 8.33. The van der Waals surface area contributed by atoms with Crippen molar-refractivity contribution in [3.63, 3.8) is 0 Å². The van der Waals surface area contributed by atoms with Gasteiger partial charge < -0.3 is 10.1 Å². The molecule has 29 heavy (non-hydrogen) atoms. The van der Waals surface area contributed by atoms with Gasteiger partial charge in [0.2, 0.25) is 5.91 Å². The number of nitrogens with one attached hydrogen (secondary N) is 2. The van der Waals surface area contributed by atoms with E-state index in [0.717, 1.165) is 11.3 Å². The Hall–Kier alpha value is -3.03. The molecule has 0 aliphatic rings. The highest BCUT2D eigenvalue weighted by Gasteiger charge is 2.14. The molecule has 0 saturated heterocycles. The predicted octanol–water partition coefficient (Wildman–Crippen LogP) is 4.33. The SMILES string of the molecule is COc1ccc(CC(=O)Nc2ccc(S(=O)(=O)Nc3cccc(Cl)c3)cc2)cc1. The Morgan fingerprint density at radius 3 is 2.28 bits per heavy atom. The zero-order valence-corrected chi connectivity index (χ0v) is 17.1. The van der Waals surface area contributed by atoms with Crippen LogP contribution in [0.4, 0.5) is 11.4 Å². The van der Waals surface area contributed by atoms with Crippen LogP contribution < -0.4 is 14.8 Å². The number of benzene rings is 3. The van der Waals surface area contributed by atoms with Crippen molar-refractivity contribution in [1.29, 1.82) is 0 Å². The summed E-state index contributed by atoms with van der Waals surface area (Å²) in [7, 11) is -2.18. The molecule has 6 nitrogen and oxygen atoms in total. The van der Waals surface area contributed by atoms with Crippen LogP contribution in [0.5, 0.6) is 5.75 Å². The number of ether oxygens (including phenoxy) is 1. The fourth-order valence-corrected chi connectivity index (χ4v) is 3.86. The third-order valence-corrected chi connectivity index (χ3v) is 5.68.